The smallest absolute Gasteiger partial charge is 0.194 e. The molecule has 0 amide bonds. The molecule has 2 atom stereocenters. The number of hydrogen-bond acceptors (Lipinski definition) is 3. The largest absolute Gasteiger partial charge is 0.384 e. The van der Waals surface area contributed by atoms with Crippen LogP contribution >= 0.6 is 0 Å². The van der Waals surface area contributed by atoms with Crippen LogP contribution in [-0.4, -0.2) is 38.3 Å². The molecule has 0 aromatic heterocycles. The monoisotopic (exact) mass is 302 g/mol. The van der Waals surface area contributed by atoms with Gasteiger partial charge >= 0.3 is 0 Å². The average Bonchev–Trinajstić information content (AvgIpc) is 2.46. The highest BCUT2D eigenvalue weighted by Crippen LogP contribution is 2.28. The van der Waals surface area contributed by atoms with Crippen molar-refractivity contribution in [3.63, 3.8) is 0 Å². The Kier molecular flexibility index (Phi) is 5.61. The molecule has 0 radical (unpaired) electrons. The highest BCUT2D eigenvalue weighted by molar-refractivity contribution is 5.23. The van der Waals surface area contributed by atoms with E-state index >= 15 is 0 Å². The quantitative estimate of drug-likeness (QED) is 0.849. The number of nitrogens with zero attached hydrogens (tertiary/aromatic N) is 1. The SMILES string of the molecule is COCC1CCCN(C(CN)c2cc(F)c(F)c(F)c2)C1. The molecule has 1 heterocycles. The molecule has 1 aromatic rings. The van der Waals surface area contributed by atoms with Crippen LogP contribution in [0.15, 0.2) is 12.1 Å². The number of halogens is 3. The van der Waals surface area contributed by atoms with Gasteiger partial charge in [-0.2, -0.15) is 0 Å². The van der Waals surface area contributed by atoms with Crippen molar-refractivity contribution in [1.82, 2.24) is 4.90 Å². The van der Waals surface area contributed by atoms with Gasteiger partial charge in [-0.05, 0) is 43.0 Å². The van der Waals surface area contributed by atoms with Crippen LogP contribution in [0.1, 0.15) is 24.4 Å². The van der Waals surface area contributed by atoms with E-state index < -0.39 is 17.5 Å². The lowest BCUT2D eigenvalue weighted by atomic mass is 9.95. The van der Waals surface area contributed by atoms with E-state index in [0.717, 1.165) is 38.1 Å². The molecule has 2 rings (SSSR count). The molecule has 1 aliphatic heterocycles. The van der Waals surface area contributed by atoms with E-state index in [4.69, 9.17) is 10.5 Å². The van der Waals surface area contributed by atoms with Gasteiger partial charge in [-0.3, -0.25) is 4.90 Å². The zero-order valence-electron chi connectivity index (χ0n) is 12.1. The standard InChI is InChI=1S/C15H21F3N2O/c1-21-9-10-3-2-4-20(8-10)14(7-19)11-5-12(16)15(18)13(17)6-11/h5-6,10,14H,2-4,7-9,19H2,1H3. The van der Waals surface area contributed by atoms with Gasteiger partial charge in [0.1, 0.15) is 0 Å². The molecule has 1 saturated heterocycles. The minimum atomic E-state index is -1.44. The van der Waals surface area contributed by atoms with Gasteiger partial charge in [-0.25, -0.2) is 13.2 Å². The lowest BCUT2D eigenvalue weighted by Gasteiger charge is -2.38. The molecule has 1 aliphatic rings. The van der Waals surface area contributed by atoms with E-state index in [1.165, 1.54) is 0 Å². The fourth-order valence-electron chi connectivity index (χ4n) is 3.02. The van der Waals surface area contributed by atoms with Crippen LogP contribution in [-0.2, 0) is 4.74 Å². The minimum absolute atomic E-state index is 0.226. The summed E-state index contributed by atoms with van der Waals surface area (Å²) in [5, 5.41) is 0. The van der Waals surface area contributed by atoms with Crippen LogP contribution in [0.2, 0.25) is 0 Å². The highest BCUT2D eigenvalue weighted by atomic mass is 19.2. The van der Waals surface area contributed by atoms with E-state index in [9.17, 15) is 13.2 Å². The van der Waals surface area contributed by atoms with Crippen LogP contribution < -0.4 is 5.73 Å². The summed E-state index contributed by atoms with van der Waals surface area (Å²) in [6.45, 7) is 2.45. The molecular weight excluding hydrogens is 281 g/mol. The Balaban J connectivity index is 2.19. The third-order valence-electron chi connectivity index (χ3n) is 4.01. The molecule has 2 unspecified atom stereocenters. The topological polar surface area (TPSA) is 38.5 Å². The summed E-state index contributed by atoms with van der Waals surface area (Å²) in [4.78, 5) is 2.10. The number of nitrogens with two attached hydrogens (primary N) is 1. The normalized spacial score (nSPS) is 21.5. The van der Waals surface area contributed by atoms with Gasteiger partial charge in [0.15, 0.2) is 17.5 Å². The van der Waals surface area contributed by atoms with Crippen molar-refractivity contribution < 1.29 is 17.9 Å². The molecule has 0 bridgehead atoms. The first-order chi connectivity index (χ1) is 10.1. The van der Waals surface area contributed by atoms with Crippen LogP contribution in [0, 0.1) is 23.4 Å². The summed E-state index contributed by atoms with van der Waals surface area (Å²) in [7, 11) is 1.66. The van der Waals surface area contributed by atoms with Crippen LogP contribution in [0.3, 0.4) is 0 Å². The predicted octanol–water partition coefficient (Wildman–Crippen LogP) is 2.46. The lowest BCUT2D eigenvalue weighted by molar-refractivity contribution is 0.0695. The first kappa shape index (κ1) is 16.3. The maximum absolute atomic E-state index is 13.4. The van der Waals surface area contributed by atoms with Crippen molar-refractivity contribution >= 4 is 0 Å². The maximum Gasteiger partial charge on any atom is 0.194 e. The summed E-state index contributed by atoms with van der Waals surface area (Å²) >= 11 is 0. The minimum Gasteiger partial charge on any atom is -0.384 e. The summed E-state index contributed by atoms with van der Waals surface area (Å²) < 4.78 is 45.1. The van der Waals surface area contributed by atoms with Crippen LogP contribution in [0.5, 0.6) is 0 Å². The van der Waals surface area contributed by atoms with Gasteiger partial charge in [0.2, 0.25) is 0 Å². The molecule has 1 fully saturated rings. The Morgan fingerprint density at radius 1 is 1.33 bits per heavy atom. The molecule has 0 aliphatic carbocycles. The molecule has 2 N–H and O–H groups in total. The Hall–Kier alpha value is -1.11. The summed E-state index contributed by atoms with van der Waals surface area (Å²) in [5.41, 5.74) is 6.16. The zero-order chi connectivity index (χ0) is 15.4. The average molecular weight is 302 g/mol. The molecule has 0 saturated carbocycles. The molecule has 21 heavy (non-hydrogen) atoms. The van der Waals surface area contributed by atoms with Crippen molar-refractivity contribution in [1.29, 1.82) is 0 Å². The fourth-order valence-corrected chi connectivity index (χ4v) is 3.02. The fraction of sp³-hybridized carbons (Fsp3) is 0.600. The number of methoxy groups -OCH3 is 1. The molecule has 3 nitrogen and oxygen atoms in total. The Bertz CT molecular complexity index is 459. The van der Waals surface area contributed by atoms with Gasteiger partial charge < -0.3 is 10.5 Å². The Morgan fingerprint density at radius 2 is 2.00 bits per heavy atom. The van der Waals surface area contributed by atoms with Gasteiger partial charge in [0.25, 0.3) is 0 Å². The maximum atomic E-state index is 13.4. The number of ether oxygens (including phenoxy) is 1. The van der Waals surface area contributed by atoms with Crippen molar-refractivity contribution in [2.75, 3.05) is 33.4 Å². The van der Waals surface area contributed by atoms with Crippen LogP contribution in [0.25, 0.3) is 0 Å². The first-order valence-electron chi connectivity index (χ1n) is 7.14. The second kappa shape index (κ2) is 7.24. The van der Waals surface area contributed by atoms with Gasteiger partial charge in [-0.15, -0.1) is 0 Å². The number of rotatable bonds is 5. The number of benzene rings is 1. The van der Waals surface area contributed by atoms with Crippen molar-refractivity contribution in [2.24, 2.45) is 11.7 Å². The third-order valence-corrected chi connectivity index (χ3v) is 4.01. The predicted molar refractivity (Wildman–Crippen MR) is 74.3 cm³/mol. The van der Waals surface area contributed by atoms with Gasteiger partial charge in [0, 0.05) is 26.2 Å². The highest BCUT2D eigenvalue weighted by Gasteiger charge is 2.27. The molecule has 118 valence electrons. The summed E-state index contributed by atoms with van der Waals surface area (Å²) in [5.74, 6) is -3.40. The molecular formula is C15H21F3N2O. The van der Waals surface area contributed by atoms with E-state index in [-0.39, 0.29) is 12.6 Å². The second-order valence-electron chi connectivity index (χ2n) is 5.51. The molecule has 0 spiro atoms. The van der Waals surface area contributed by atoms with Crippen LogP contribution in [0.4, 0.5) is 13.2 Å². The zero-order valence-corrected chi connectivity index (χ0v) is 12.1. The van der Waals surface area contributed by atoms with Gasteiger partial charge in [0.05, 0.1) is 6.61 Å². The van der Waals surface area contributed by atoms with E-state index in [2.05, 4.69) is 4.90 Å². The van der Waals surface area contributed by atoms with Gasteiger partial charge in [-0.1, -0.05) is 0 Å². The van der Waals surface area contributed by atoms with Crippen molar-refractivity contribution in [3.05, 3.63) is 35.1 Å². The number of piperidine rings is 1. The summed E-state index contributed by atoms with van der Waals surface area (Å²) in [6.07, 6.45) is 2.05. The van der Waals surface area contributed by atoms with Crippen molar-refractivity contribution in [3.8, 4) is 0 Å². The van der Waals surface area contributed by atoms with Crippen molar-refractivity contribution in [2.45, 2.75) is 18.9 Å². The van der Waals surface area contributed by atoms with E-state index in [1.54, 1.807) is 7.11 Å². The second-order valence-corrected chi connectivity index (χ2v) is 5.51. The molecule has 6 heteroatoms. The summed E-state index contributed by atoms with van der Waals surface area (Å²) in [6, 6.07) is 1.76. The first-order valence-corrected chi connectivity index (χ1v) is 7.14. The Labute approximate surface area is 122 Å². The molecule has 1 aromatic carbocycles. The number of hydrogen-bond donors (Lipinski definition) is 1. The number of likely N-dealkylation sites (tertiary alicyclic amines) is 1. The van der Waals surface area contributed by atoms with E-state index in [1.807, 2.05) is 0 Å². The Morgan fingerprint density at radius 3 is 2.57 bits per heavy atom. The van der Waals surface area contributed by atoms with E-state index in [0.29, 0.717) is 18.1 Å². The lowest BCUT2D eigenvalue weighted by Crippen LogP contribution is -2.42. The third kappa shape index (κ3) is 3.75.